The van der Waals surface area contributed by atoms with Crippen LogP contribution >= 0.6 is 0 Å². The highest BCUT2D eigenvalue weighted by atomic mass is 32.2. The maximum absolute atomic E-state index is 13.0. The zero-order valence-electron chi connectivity index (χ0n) is 18.3. The number of anilines is 1. The fourth-order valence-corrected chi connectivity index (χ4v) is 3.87. The van der Waals surface area contributed by atoms with Gasteiger partial charge in [0.2, 0.25) is 0 Å². The highest BCUT2D eigenvalue weighted by Crippen LogP contribution is 2.27. The molecule has 34 heavy (non-hydrogen) atoms. The number of benzene rings is 2. The fraction of sp³-hybridized carbons (Fsp3) is 0.167. The van der Waals surface area contributed by atoms with Crippen molar-refractivity contribution in [2.24, 2.45) is 0 Å². The third-order valence-corrected chi connectivity index (χ3v) is 5.89. The minimum Gasteiger partial charge on any atom is -0.480 e. The van der Waals surface area contributed by atoms with E-state index in [1.54, 1.807) is 48.7 Å². The first-order valence-electron chi connectivity index (χ1n) is 10.3. The average molecular weight is 482 g/mol. The lowest BCUT2D eigenvalue weighted by Gasteiger charge is -2.17. The van der Waals surface area contributed by atoms with E-state index in [-0.39, 0.29) is 23.6 Å². The lowest BCUT2D eigenvalue weighted by molar-refractivity contribution is -0.139. The van der Waals surface area contributed by atoms with Gasteiger partial charge >= 0.3 is 5.97 Å². The summed E-state index contributed by atoms with van der Waals surface area (Å²) in [5.74, 6) is -2.77. The number of carbonyl (C=O) groups is 3. The lowest BCUT2D eigenvalue weighted by Crippen LogP contribution is -2.42. The Kier molecular flexibility index (Phi) is 7.75. The molecule has 0 aliphatic carbocycles. The fourth-order valence-electron chi connectivity index (χ4n) is 3.20. The predicted molar refractivity (Wildman–Crippen MR) is 127 cm³/mol. The Hall–Kier alpha value is -4.05. The minimum absolute atomic E-state index is 0.177. The van der Waals surface area contributed by atoms with Crippen molar-refractivity contribution in [2.45, 2.75) is 12.5 Å². The molecule has 0 bridgehead atoms. The molecule has 0 aliphatic rings. The second kappa shape index (κ2) is 10.7. The van der Waals surface area contributed by atoms with Crippen LogP contribution in [0.1, 0.15) is 27.1 Å². The number of amides is 2. The Labute approximate surface area is 196 Å². The van der Waals surface area contributed by atoms with Crippen LogP contribution < -0.4 is 10.6 Å². The van der Waals surface area contributed by atoms with Gasteiger partial charge in [-0.2, -0.15) is 0 Å². The van der Waals surface area contributed by atoms with E-state index < -0.39 is 27.8 Å². The van der Waals surface area contributed by atoms with Gasteiger partial charge in [0.15, 0.2) is 0 Å². The number of nitrogens with zero attached hydrogens (tertiary/aromatic N) is 1. The number of pyridine rings is 1. The molecule has 10 heteroatoms. The number of carboxylic acid groups (broad SMARTS) is 1. The number of carbonyl (C=O) groups excluding carboxylic acids is 2. The standard InChI is InChI=1S/C24H23N3O6S/c1-34(32,33)13-11-21(24(30)31)27-23(29)19-10-9-18(14-20(19)16-6-3-2-4-7-16)26-22(28)17-8-5-12-25-15-17/h2-10,12,14-15,21H,11,13H2,1H3,(H,26,28)(H,27,29)(H,30,31)/t21-/m0/s1. The van der Waals surface area contributed by atoms with Gasteiger partial charge < -0.3 is 15.7 Å². The number of aliphatic carboxylic acids is 1. The molecular formula is C24H23N3O6S. The Morgan fingerprint density at radius 1 is 1.00 bits per heavy atom. The lowest BCUT2D eigenvalue weighted by atomic mass is 9.98. The summed E-state index contributed by atoms with van der Waals surface area (Å²) < 4.78 is 22.9. The molecule has 0 unspecified atom stereocenters. The molecule has 0 radical (unpaired) electrons. The normalized spacial score (nSPS) is 11.9. The number of aromatic nitrogens is 1. The van der Waals surface area contributed by atoms with Crippen LogP contribution in [0, 0.1) is 0 Å². The monoisotopic (exact) mass is 481 g/mol. The molecule has 1 heterocycles. The van der Waals surface area contributed by atoms with Crippen molar-refractivity contribution in [3.63, 3.8) is 0 Å². The van der Waals surface area contributed by atoms with Crippen LogP contribution in [-0.2, 0) is 14.6 Å². The summed E-state index contributed by atoms with van der Waals surface area (Å²) in [5, 5.41) is 14.6. The van der Waals surface area contributed by atoms with Crippen LogP contribution in [0.5, 0.6) is 0 Å². The quantitative estimate of drug-likeness (QED) is 0.426. The van der Waals surface area contributed by atoms with Gasteiger partial charge in [0.1, 0.15) is 15.9 Å². The van der Waals surface area contributed by atoms with E-state index in [1.807, 2.05) is 6.07 Å². The summed E-state index contributed by atoms with van der Waals surface area (Å²) in [5.41, 5.74) is 2.11. The predicted octanol–water partition coefficient (Wildman–Crippen LogP) is 2.62. The molecule has 2 aromatic carbocycles. The number of carboxylic acids is 1. The average Bonchev–Trinajstić information content (AvgIpc) is 2.82. The van der Waals surface area contributed by atoms with E-state index in [9.17, 15) is 27.9 Å². The van der Waals surface area contributed by atoms with E-state index in [1.165, 1.54) is 18.3 Å². The maximum atomic E-state index is 13.0. The Balaban J connectivity index is 1.90. The van der Waals surface area contributed by atoms with Crippen LogP contribution in [0.25, 0.3) is 11.1 Å². The zero-order chi connectivity index (χ0) is 24.7. The van der Waals surface area contributed by atoms with E-state index >= 15 is 0 Å². The van der Waals surface area contributed by atoms with E-state index in [0.29, 0.717) is 22.4 Å². The number of sulfone groups is 1. The number of hydrogen-bond donors (Lipinski definition) is 3. The van der Waals surface area contributed by atoms with Gasteiger partial charge in [-0.15, -0.1) is 0 Å². The maximum Gasteiger partial charge on any atom is 0.326 e. The number of rotatable bonds is 9. The summed E-state index contributed by atoms with van der Waals surface area (Å²) in [6, 6.07) is 15.4. The second-order valence-corrected chi connectivity index (χ2v) is 9.86. The van der Waals surface area contributed by atoms with Crippen LogP contribution in [0.3, 0.4) is 0 Å². The molecular weight excluding hydrogens is 458 g/mol. The van der Waals surface area contributed by atoms with Crippen LogP contribution in [0.15, 0.2) is 73.1 Å². The van der Waals surface area contributed by atoms with Crippen molar-refractivity contribution >= 4 is 33.3 Å². The topological polar surface area (TPSA) is 143 Å². The van der Waals surface area contributed by atoms with Gasteiger partial charge in [-0.3, -0.25) is 14.6 Å². The zero-order valence-corrected chi connectivity index (χ0v) is 19.1. The molecule has 0 spiro atoms. The molecule has 0 saturated carbocycles. The molecule has 0 aliphatic heterocycles. The van der Waals surface area contributed by atoms with Crippen molar-refractivity contribution in [1.29, 1.82) is 0 Å². The minimum atomic E-state index is -3.40. The molecule has 3 rings (SSSR count). The Morgan fingerprint density at radius 2 is 1.74 bits per heavy atom. The molecule has 3 aromatic rings. The van der Waals surface area contributed by atoms with Crippen molar-refractivity contribution in [3.8, 4) is 11.1 Å². The largest absolute Gasteiger partial charge is 0.480 e. The first-order valence-corrected chi connectivity index (χ1v) is 12.3. The number of nitrogens with one attached hydrogen (secondary N) is 2. The van der Waals surface area contributed by atoms with Gasteiger partial charge in [-0.25, -0.2) is 13.2 Å². The van der Waals surface area contributed by atoms with Gasteiger partial charge in [-0.05, 0) is 47.9 Å². The first-order chi connectivity index (χ1) is 16.1. The summed E-state index contributed by atoms with van der Waals surface area (Å²) in [6.45, 7) is 0. The molecule has 2 amide bonds. The summed E-state index contributed by atoms with van der Waals surface area (Å²) in [4.78, 5) is 41.0. The highest BCUT2D eigenvalue weighted by Gasteiger charge is 2.24. The summed E-state index contributed by atoms with van der Waals surface area (Å²) in [7, 11) is -3.40. The van der Waals surface area contributed by atoms with Gasteiger partial charge in [0.05, 0.1) is 11.3 Å². The Morgan fingerprint density at radius 3 is 2.35 bits per heavy atom. The molecule has 0 fully saturated rings. The molecule has 176 valence electrons. The van der Waals surface area contributed by atoms with Crippen molar-refractivity contribution in [3.05, 3.63) is 84.2 Å². The van der Waals surface area contributed by atoms with Crippen molar-refractivity contribution in [2.75, 3.05) is 17.3 Å². The van der Waals surface area contributed by atoms with Crippen LogP contribution in [0.4, 0.5) is 5.69 Å². The van der Waals surface area contributed by atoms with Crippen molar-refractivity contribution < 1.29 is 27.9 Å². The molecule has 0 saturated heterocycles. The molecule has 3 N–H and O–H groups in total. The van der Waals surface area contributed by atoms with E-state index in [4.69, 9.17) is 0 Å². The smallest absolute Gasteiger partial charge is 0.326 e. The van der Waals surface area contributed by atoms with Gasteiger partial charge in [0, 0.05) is 29.9 Å². The summed E-state index contributed by atoms with van der Waals surface area (Å²) in [6.07, 6.45) is 3.72. The van der Waals surface area contributed by atoms with E-state index in [0.717, 1.165) is 6.26 Å². The van der Waals surface area contributed by atoms with Crippen LogP contribution in [-0.4, -0.2) is 54.3 Å². The second-order valence-electron chi connectivity index (χ2n) is 7.61. The van der Waals surface area contributed by atoms with Gasteiger partial charge in [-0.1, -0.05) is 30.3 Å². The summed E-state index contributed by atoms with van der Waals surface area (Å²) >= 11 is 0. The third kappa shape index (κ3) is 6.72. The first kappa shape index (κ1) is 24.6. The van der Waals surface area contributed by atoms with E-state index in [2.05, 4.69) is 15.6 Å². The highest BCUT2D eigenvalue weighted by molar-refractivity contribution is 7.90. The molecule has 9 nitrogen and oxygen atoms in total. The Bertz CT molecular complexity index is 1290. The number of hydrogen-bond acceptors (Lipinski definition) is 6. The SMILES string of the molecule is CS(=O)(=O)CC[C@H](NC(=O)c1ccc(NC(=O)c2cccnc2)cc1-c1ccccc1)C(=O)O. The molecule has 1 aromatic heterocycles. The third-order valence-electron chi connectivity index (χ3n) is 4.91. The van der Waals surface area contributed by atoms with Crippen molar-refractivity contribution in [1.82, 2.24) is 10.3 Å². The molecule has 1 atom stereocenters. The van der Waals surface area contributed by atoms with Crippen LogP contribution in [0.2, 0.25) is 0 Å². The van der Waals surface area contributed by atoms with Gasteiger partial charge in [0.25, 0.3) is 11.8 Å².